The van der Waals surface area contributed by atoms with Gasteiger partial charge in [0.25, 0.3) is 5.91 Å². The summed E-state index contributed by atoms with van der Waals surface area (Å²) in [7, 11) is 0. The predicted octanol–water partition coefficient (Wildman–Crippen LogP) is 3.63. The van der Waals surface area contributed by atoms with Gasteiger partial charge in [-0.2, -0.15) is 0 Å². The number of nitrogens with zero attached hydrogens (tertiary/aromatic N) is 1. The average molecular weight is 342 g/mol. The zero-order valence-electron chi connectivity index (χ0n) is 15.2. The topological polar surface area (TPSA) is 64.4 Å². The fourth-order valence-electron chi connectivity index (χ4n) is 3.90. The Morgan fingerprint density at radius 2 is 2.04 bits per heavy atom. The summed E-state index contributed by atoms with van der Waals surface area (Å²) in [5, 5.41) is 2.99. The molecule has 3 rings (SSSR count). The molecule has 5 nitrogen and oxygen atoms in total. The highest BCUT2D eigenvalue weighted by atomic mass is 16.5. The van der Waals surface area contributed by atoms with Gasteiger partial charge >= 0.3 is 0 Å². The number of oxazole rings is 1. The standard InChI is InChI=1S/C20H26N2O3/c1-15-17(22-14-24-15)18(23)21-11-9-20(16-7-5-4-6-8-16)10-12-25-19(2,3)13-20/h4-8,14H,9-13H2,1-3H3,(H,21,23). The molecule has 1 aromatic carbocycles. The minimum Gasteiger partial charge on any atom is -0.448 e. The maximum Gasteiger partial charge on any atom is 0.273 e. The highest BCUT2D eigenvalue weighted by Gasteiger charge is 2.41. The Balaban J connectivity index is 1.73. The van der Waals surface area contributed by atoms with Crippen LogP contribution in [0.4, 0.5) is 0 Å². The van der Waals surface area contributed by atoms with Crippen molar-refractivity contribution in [3.8, 4) is 0 Å². The lowest BCUT2D eigenvalue weighted by Gasteiger charge is -2.45. The molecule has 1 saturated heterocycles. The number of amides is 1. The lowest BCUT2D eigenvalue weighted by molar-refractivity contribution is -0.0838. The second-order valence-corrected chi connectivity index (χ2v) is 7.44. The van der Waals surface area contributed by atoms with Crippen molar-refractivity contribution >= 4 is 5.91 Å². The van der Waals surface area contributed by atoms with Crippen LogP contribution in [0.1, 0.15) is 54.9 Å². The molecule has 1 aromatic heterocycles. The maximum atomic E-state index is 12.3. The van der Waals surface area contributed by atoms with E-state index in [4.69, 9.17) is 9.15 Å². The third kappa shape index (κ3) is 3.93. The molecule has 0 spiro atoms. The summed E-state index contributed by atoms with van der Waals surface area (Å²) in [6, 6.07) is 10.6. The van der Waals surface area contributed by atoms with E-state index in [1.807, 2.05) is 6.07 Å². The average Bonchev–Trinajstić information content (AvgIpc) is 3.01. The first-order valence-electron chi connectivity index (χ1n) is 8.80. The van der Waals surface area contributed by atoms with Crippen molar-refractivity contribution in [2.24, 2.45) is 0 Å². The van der Waals surface area contributed by atoms with E-state index in [1.165, 1.54) is 12.0 Å². The maximum absolute atomic E-state index is 12.3. The summed E-state index contributed by atoms with van der Waals surface area (Å²) >= 11 is 0. The van der Waals surface area contributed by atoms with E-state index in [1.54, 1.807) is 6.92 Å². The number of aryl methyl sites for hydroxylation is 1. The Morgan fingerprint density at radius 1 is 1.28 bits per heavy atom. The molecule has 1 amide bonds. The van der Waals surface area contributed by atoms with E-state index in [2.05, 4.69) is 48.4 Å². The fourth-order valence-corrected chi connectivity index (χ4v) is 3.90. The molecule has 1 atom stereocenters. The Labute approximate surface area is 148 Å². The van der Waals surface area contributed by atoms with Crippen molar-refractivity contribution in [3.05, 3.63) is 53.7 Å². The highest BCUT2D eigenvalue weighted by molar-refractivity contribution is 5.92. The van der Waals surface area contributed by atoms with E-state index < -0.39 is 0 Å². The molecular formula is C20H26N2O3. The van der Waals surface area contributed by atoms with Crippen molar-refractivity contribution in [1.29, 1.82) is 0 Å². The van der Waals surface area contributed by atoms with E-state index in [9.17, 15) is 4.79 Å². The van der Waals surface area contributed by atoms with Crippen LogP contribution in [-0.4, -0.2) is 29.6 Å². The van der Waals surface area contributed by atoms with Gasteiger partial charge < -0.3 is 14.5 Å². The van der Waals surface area contributed by atoms with Gasteiger partial charge in [-0.1, -0.05) is 30.3 Å². The molecule has 1 aliphatic rings. The first-order chi connectivity index (χ1) is 11.9. The normalized spacial score (nSPS) is 22.5. The molecule has 5 heteroatoms. The van der Waals surface area contributed by atoms with Gasteiger partial charge in [0, 0.05) is 18.6 Å². The first kappa shape index (κ1) is 17.7. The minimum absolute atomic E-state index is 0.00909. The fraction of sp³-hybridized carbons (Fsp3) is 0.500. The van der Waals surface area contributed by atoms with Crippen LogP contribution in [0.25, 0.3) is 0 Å². The number of nitrogens with one attached hydrogen (secondary N) is 1. The lowest BCUT2D eigenvalue weighted by Crippen LogP contribution is -2.45. The zero-order valence-corrected chi connectivity index (χ0v) is 15.2. The Bertz CT molecular complexity index is 724. The van der Waals surface area contributed by atoms with Crippen LogP contribution < -0.4 is 5.32 Å². The molecule has 25 heavy (non-hydrogen) atoms. The lowest BCUT2D eigenvalue weighted by atomic mass is 9.67. The number of hydrogen-bond donors (Lipinski definition) is 1. The first-order valence-corrected chi connectivity index (χ1v) is 8.80. The number of hydrogen-bond acceptors (Lipinski definition) is 4. The van der Waals surface area contributed by atoms with Gasteiger partial charge in [0.2, 0.25) is 0 Å². The van der Waals surface area contributed by atoms with Crippen molar-refractivity contribution < 1.29 is 13.9 Å². The minimum atomic E-state index is -0.180. The number of ether oxygens (including phenoxy) is 1. The van der Waals surface area contributed by atoms with Crippen LogP contribution in [0.2, 0.25) is 0 Å². The van der Waals surface area contributed by atoms with Gasteiger partial charge in [0.05, 0.1) is 5.60 Å². The molecule has 1 aliphatic heterocycles. The Kier molecular flexibility index (Phi) is 4.95. The quantitative estimate of drug-likeness (QED) is 0.901. The smallest absolute Gasteiger partial charge is 0.273 e. The molecule has 1 fully saturated rings. The summed E-state index contributed by atoms with van der Waals surface area (Å²) in [6.45, 7) is 7.35. The third-order valence-corrected chi connectivity index (χ3v) is 5.07. The van der Waals surface area contributed by atoms with Crippen molar-refractivity contribution in [2.45, 2.75) is 51.0 Å². The number of carbonyl (C=O) groups is 1. The van der Waals surface area contributed by atoms with Crippen LogP contribution in [0.3, 0.4) is 0 Å². The van der Waals surface area contributed by atoms with E-state index >= 15 is 0 Å². The third-order valence-electron chi connectivity index (χ3n) is 5.07. The second kappa shape index (κ2) is 7.00. The Hall–Kier alpha value is -2.14. The number of carbonyl (C=O) groups excluding carboxylic acids is 1. The van der Waals surface area contributed by atoms with Crippen molar-refractivity contribution in [1.82, 2.24) is 10.3 Å². The summed E-state index contributed by atoms with van der Waals surface area (Å²) in [5.74, 6) is 0.364. The van der Waals surface area contributed by atoms with Gasteiger partial charge in [-0.15, -0.1) is 0 Å². The number of aromatic nitrogens is 1. The van der Waals surface area contributed by atoms with Crippen LogP contribution in [0.5, 0.6) is 0 Å². The van der Waals surface area contributed by atoms with Crippen LogP contribution in [0.15, 0.2) is 41.1 Å². The highest BCUT2D eigenvalue weighted by Crippen LogP contribution is 2.43. The summed E-state index contributed by atoms with van der Waals surface area (Å²) in [6.07, 6.45) is 4.06. The van der Waals surface area contributed by atoms with Gasteiger partial charge in [0.1, 0.15) is 5.76 Å². The van der Waals surface area contributed by atoms with Gasteiger partial charge in [-0.05, 0) is 45.6 Å². The largest absolute Gasteiger partial charge is 0.448 e. The van der Waals surface area contributed by atoms with Crippen LogP contribution in [0, 0.1) is 6.92 Å². The van der Waals surface area contributed by atoms with Crippen LogP contribution in [-0.2, 0) is 10.2 Å². The molecule has 0 aliphatic carbocycles. The molecular weight excluding hydrogens is 316 g/mol. The van der Waals surface area contributed by atoms with E-state index in [-0.39, 0.29) is 16.9 Å². The SMILES string of the molecule is Cc1ocnc1C(=O)NCCC1(c2ccccc2)CCOC(C)(C)C1. The number of rotatable bonds is 5. The Morgan fingerprint density at radius 3 is 2.68 bits per heavy atom. The van der Waals surface area contributed by atoms with Gasteiger partial charge in [0.15, 0.2) is 12.1 Å². The molecule has 0 bridgehead atoms. The second-order valence-electron chi connectivity index (χ2n) is 7.44. The number of benzene rings is 1. The summed E-state index contributed by atoms with van der Waals surface area (Å²) < 4.78 is 11.0. The molecule has 2 heterocycles. The molecule has 1 unspecified atom stereocenters. The predicted molar refractivity (Wildman–Crippen MR) is 95.6 cm³/mol. The van der Waals surface area contributed by atoms with Gasteiger partial charge in [-0.25, -0.2) is 4.98 Å². The molecule has 134 valence electrons. The van der Waals surface area contributed by atoms with E-state index in [0.29, 0.717) is 18.0 Å². The van der Waals surface area contributed by atoms with E-state index in [0.717, 1.165) is 25.9 Å². The van der Waals surface area contributed by atoms with Crippen molar-refractivity contribution in [2.75, 3.05) is 13.2 Å². The summed E-state index contributed by atoms with van der Waals surface area (Å²) in [4.78, 5) is 16.3. The molecule has 0 radical (unpaired) electrons. The molecule has 0 saturated carbocycles. The molecule has 1 N–H and O–H groups in total. The summed E-state index contributed by atoms with van der Waals surface area (Å²) in [5.41, 5.74) is 1.52. The monoisotopic (exact) mass is 342 g/mol. The van der Waals surface area contributed by atoms with Gasteiger partial charge in [-0.3, -0.25) is 4.79 Å². The zero-order chi connectivity index (χ0) is 17.9. The van der Waals surface area contributed by atoms with Crippen LogP contribution >= 0.6 is 0 Å². The van der Waals surface area contributed by atoms with Crippen molar-refractivity contribution in [3.63, 3.8) is 0 Å². The molecule has 2 aromatic rings.